The van der Waals surface area contributed by atoms with Gasteiger partial charge >= 0.3 is 0 Å². The van der Waals surface area contributed by atoms with Crippen molar-refractivity contribution in [3.63, 3.8) is 0 Å². The molecule has 1 unspecified atom stereocenters. The molecule has 2 atom stereocenters. The van der Waals surface area contributed by atoms with Gasteiger partial charge < -0.3 is 10.5 Å². The topological polar surface area (TPSA) is 35.2 Å². The van der Waals surface area contributed by atoms with Crippen molar-refractivity contribution in [3.05, 3.63) is 63.6 Å². The molecule has 0 fully saturated rings. The number of hydrogen-bond acceptors (Lipinski definition) is 2. The van der Waals surface area contributed by atoms with Crippen molar-refractivity contribution in [2.45, 2.75) is 38.3 Å². The van der Waals surface area contributed by atoms with E-state index in [1.807, 2.05) is 19.1 Å². The van der Waals surface area contributed by atoms with Crippen LogP contribution in [0.5, 0.6) is 5.75 Å². The van der Waals surface area contributed by atoms with Gasteiger partial charge in [-0.2, -0.15) is 0 Å². The van der Waals surface area contributed by atoms with Crippen molar-refractivity contribution in [1.82, 2.24) is 0 Å². The maximum absolute atomic E-state index is 6.26. The molecule has 2 N–H and O–H groups in total. The number of nitrogens with two attached hydrogens (primary N) is 1. The van der Waals surface area contributed by atoms with E-state index in [2.05, 4.69) is 46.3 Å². The second-order valence-electron chi connectivity index (χ2n) is 5.68. The van der Waals surface area contributed by atoms with Crippen molar-refractivity contribution in [2.75, 3.05) is 0 Å². The van der Waals surface area contributed by atoms with Crippen LogP contribution < -0.4 is 10.5 Å². The summed E-state index contributed by atoms with van der Waals surface area (Å²) in [5.41, 5.74) is 9.77. The predicted octanol–water partition coefficient (Wildman–Crippen LogP) is 4.93. The van der Waals surface area contributed by atoms with Crippen molar-refractivity contribution in [1.29, 1.82) is 0 Å². The van der Waals surface area contributed by atoms with Crippen LogP contribution in [0.25, 0.3) is 0 Å². The Morgan fingerprint density at radius 2 is 2.05 bits per heavy atom. The number of fused-ring (bicyclic) bond motifs is 1. The van der Waals surface area contributed by atoms with Gasteiger partial charge in [0.15, 0.2) is 0 Å². The lowest BCUT2D eigenvalue weighted by Gasteiger charge is -2.27. The molecule has 1 aliphatic carbocycles. The van der Waals surface area contributed by atoms with Crippen LogP contribution >= 0.6 is 15.9 Å². The van der Waals surface area contributed by atoms with Gasteiger partial charge in [0, 0.05) is 6.04 Å². The molecule has 2 aromatic carbocycles. The van der Waals surface area contributed by atoms with Crippen LogP contribution in [0.4, 0.5) is 0 Å². The first kappa shape index (κ1) is 14.6. The minimum atomic E-state index is 0.0331. The highest BCUT2D eigenvalue weighted by Gasteiger charge is 2.22. The zero-order chi connectivity index (χ0) is 14.8. The Morgan fingerprint density at radius 1 is 1.24 bits per heavy atom. The molecule has 3 rings (SSSR count). The van der Waals surface area contributed by atoms with Gasteiger partial charge in [0.2, 0.25) is 0 Å². The summed E-state index contributed by atoms with van der Waals surface area (Å²) in [5.74, 6) is 0.890. The fraction of sp³-hybridized carbons (Fsp3) is 0.333. The fourth-order valence-electron chi connectivity index (χ4n) is 2.88. The summed E-state index contributed by atoms with van der Waals surface area (Å²) in [7, 11) is 0. The van der Waals surface area contributed by atoms with Gasteiger partial charge in [-0.1, -0.05) is 30.3 Å². The molecular formula is C18H20BrNO. The zero-order valence-corrected chi connectivity index (χ0v) is 13.8. The Labute approximate surface area is 134 Å². The minimum absolute atomic E-state index is 0.0331. The zero-order valence-electron chi connectivity index (χ0n) is 12.2. The lowest BCUT2D eigenvalue weighted by molar-refractivity contribution is 0.182. The molecule has 0 bridgehead atoms. The first-order chi connectivity index (χ1) is 10.1. The number of halogens is 1. The molecular weight excluding hydrogens is 326 g/mol. The van der Waals surface area contributed by atoms with E-state index < -0.39 is 0 Å². The van der Waals surface area contributed by atoms with Gasteiger partial charge in [-0.3, -0.25) is 0 Å². The number of benzene rings is 2. The van der Waals surface area contributed by atoms with Gasteiger partial charge in [0.1, 0.15) is 11.9 Å². The van der Waals surface area contributed by atoms with Gasteiger partial charge in [-0.15, -0.1) is 0 Å². The molecule has 0 spiro atoms. The Morgan fingerprint density at radius 3 is 2.81 bits per heavy atom. The van der Waals surface area contributed by atoms with E-state index in [-0.39, 0.29) is 12.1 Å². The molecule has 0 aliphatic heterocycles. The number of ether oxygens (including phenoxy) is 1. The fourth-order valence-corrected chi connectivity index (χ4v) is 3.37. The highest BCUT2D eigenvalue weighted by atomic mass is 79.9. The SMILES string of the molecule is C[C@@H](N)c1ccc(OC2CCCc3ccccc32)c(Br)c1. The van der Waals surface area contributed by atoms with Crippen molar-refractivity contribution < 1.29 is 4.74 Å². The van der Waals surface area contributed by atoms with Crippen LogP contribution in [0.1, 0.15) is 48.6 Å². The van der Waals surface area contributed by atoms with E-state index in [0.29, 0.717) is 0 Å². The van der Waals surface area contributed by atoms with Crippen molar-refractivity contribution >= 4 is 15.9 Å². The third kappa shape index (κ3) is 3.14. The van der Waals surface area contributed by atoms with Crippen LogP contribution in [0.2, 0.25) is 0 Å². The van der Waals surface area contributed by atoms with Gasteiger partial charge in [0.05, 0.1) is 4.47 Å². The van der Waals surface area contributed by atoms with Gasteiger partial charge in [0.25, 0.3) is 0 Å². The normalized spacial score (nSPS) is 18.9. The van der Waals surface area contributed by atoms with E-state index in [1.54, 1.807) is 0 Å². The maximum Gasteiger partial charge on any atom is 0.134 e. The second-order valence-corrected chi connectivity index (χ2v) is 6.53. The van der Waals surface area contributed by atoms with E-state index in [9.17, 15) is 0 Å². The summed E-state index contributed by atoms with van der Waals surface area (Å²) in [6.45, 7) is 1.99. The van der Waals surface area contributed by atoms with Crippen LogP contribution in [0.15, 0.2) is 46.9 Å². The minimum Gasteiger partial charge on any atom is -0.485 e. The van der Waals surface area contributed by atoms with E-state index in [0.717, 1.165) is 28.6 Å². The number of aryl methyl sites for hydroxylation is 1. The molecule has 0 heterocycles. The molecule has 3 heteroatoms. The predicted molar refractivity (Wildman–Crippen MR) is 89.5 cm³/mol. The number of hydrogen-bond donors (Lipinski definition) is 1. The molecule has 1 aliphatic rings. The molecule has 110 valence electrons. The number of rotatable bonds is 3. The van der Waals surface area contributed by atoms with Crippen molar-refractivity contribution in [3.8, 4) is 5.75 Å². The average Bonchev–Trinajstić information content (AvgIpc) is 2.49. The first-order valence-electron chi connectivity index (χ1n) is 7.44. The highest BCUT2D eigenvalue weighted by molar-refractivity contribution is 9.10. The molecule has 0 radical (unpaired) electrons. The lowest BCUT2D eigenvalue weighted by Crippen LogP contribution is -2.15. The van der Waals surface area contributed by atoms with Gasteiger partial charge in [-0.25, -0.2) is 0 Å². The third-order valence-electron chi connectivity index (χ3n) is 4.07. The third-order valence-corrected chi connectivity index (χ3v) is 4.69. The Hall–Kier alpha value is -1.32. The summed E-state index contributed by atoms with van der Waals surface area (Å²) in [6.07, 6.45) is 3.55. The molecule has 0 saturated heterocycles. The molecule has 21 heavy (non-hydrogen) atoms. The van der Waals surface area contributed by atoms with E-state index in [1.165, 1.54) is 17.5 Å². The summed E-state index contributed by atoms with van der Waals surface area (Å²) >= 11 is 3.60. The Bertz CT molecular complexity index is 639. The Kier molecular flexibility index (Phi) is 4.32. The largest absolute Gasteiger partial charge is 0.485 e. The summed E-state index contributed by atoms with van der Waals surface area (Å²) in [4.78, 5) is 0. The lowest BCUT2D eigenvalue weighted by atomic mass is 9.89. The average molecular weight is 346 g/mol. The smallest absolute Gasteiger partial charge is 0.134 e. The Balaban J connectivity index is 1.85. The molecule has 0 amide bonds. The van der Waals surface area contributed by atoms with Gasteiger partial charge in [-0.05, 0) is 70.9 Å². The summed E-state index contributed by atoms with van der Waals surface area (Å²) < 4.78 is 7.23. The standard InChI is InChI=1S/C18H20BrNO/c1-12(20)14-9-10-18(16(19)11-14)21-17-8-4-6-13-5-2-3-7-15(13)17/h2-3,5,7,9-12,17H,4,6,8,20H2,1H3/t12-,17?/m1/s1. The first-order valence-corrected chi connectivity index (χ1v) is 8.24. The van der Waals surface area contributed by atoms with Crippen molar-refractivity contribution in [2.24, 2.45) is 5.73 Å². The second kappa shape index (κ2) is 6.20. The molecule has 0 saturated carbocycles. The molecule has 2 aromatic rings. The maximum atomic E-state index is 6.26. The molecule has 2 nitrogen and oxygen atoms in total. The summed E-state index contributed by atoms with van der Waals surface area (Å²) in [5, 5.41) is 0. The quantitative estimate of drug-likeness (QED) is 0.856. The summed E-state index contributed by atoms with van der Waals surface area (Å²) in [6, 6.07) is 14.7. The molecule has 0 aromatic heterocycles. The van der Waals surface area contributed by atoms with Crippen LogP contribution in [0.3, 0.4) is 0 Å². The van der Waals surface area contributed by atoms with E-state index in [4.69, 9.17) is 10.5 Å². The van der Waals surface area contributed by atoms with Crippen LogP contribution in [-0.4, -0.2) is 0 Å². The monoisotopic (exact) mass is 345 g/mol. The highest BCUT2D eigenvalue weighted by Crippen LogP contribution is 2.36. The van der Waals surface area contributed by atoms with Crippen LogP contribution in [-0.2, 0) is 6.42 Å². The van der Waals surface area contributed by atoms with Crippen LogP contribution in [0, 0.1) is 0 Å². The van der Waals surface area contributed by atoms with E-state index >= 15 is 0 Å².